The highest BCUT2D eigenvalue weighted by molar-refractivity contribution is 7.92. The van der Waals surface area contributed by atoms with Crippen LogP contribution in [0.2, 0.25) is 5.02 Å². The number of aromatic nitrogens is 3. The monoisotopic (exact) mass is 586 g/mol. The quantitative estimate of drug-likeness (QED) is 0.450. The lowest BCUT2D eigenvalue weighted by Crippen LogP contribution is -2.41. The van der Waals surface area contributed by atoms with Crippen molar-refractivity contribution in [2.75, 3.05) is 53.5 Å². The molecule has 0 bridgehead atoms. The summed E-state index contributed by atoms with van der Waals surface area (Å²) >= 11 is 6.25. The predicted octanol–water partition coefficient (Wildman–Crippen LogP) is 3.26. The number of fused-ring (bicyclic) bond motifs is 1. The molecule has 214 valence electrons. The molecule has 1 amide bonds. The molecule has 3 fully saturated rings. The summed E-state index contributed by atoms with van der Waals surface area (Å²) in [7, 11) is -3.59. The molecule has 1 unspecified atom stereocenters. The van der Waals surface area contributed by atoms with Crippen molar-refractivity contribution >= 4 is 50.5 Å². The number of carbonyl (C=O) groups excluding carboxylic acids is 1. The maximum absolute atomic E-state index is 13.9. The number of carbonyl (C=O) groups is 1. The van der Waals surface area contributed by atoms with E-state index in [2.05, 4.69) is 20.6 Å². The summed E-state index contributed by atoms with van der Waals surface area (Å²) in [6.07, 6.45) is 6.61. The molecule has 0 saturated carbocycles. The van der Waals surface area contributed by atoms with Crippen molar-refractivity contribution in [3.8, 4) is 0 Å². The number of rotatable bonds is 6. The van der Waals surface area contributed by atoms with Crippen LogP contribution in [0.25, 0.3) is 5.65 Å². The largest absolute Gasteiger partial charge is 0.356 e. The van der Waals surface area contributed by atoms with Crippen molar-refractivity contribution in [3.05, 3.63) is 46.6 Å². The summed E-state index contributed by atoms with van der Waals surface area (Å²) in [6, 6.07) is 8.67. The molecule has 5 heterocycles. The van der Waals surface area contributed by atoms with E-state index >= 15 is 0 Å². The number of nitrogens with two attached hydrogens (primary N) is 1. The van der Waals surface area contributed by atoms with Crippen molar-refractivity contribution in [2.45, 2.75) is 50.6 Å². The Kier molecular flexibility index (Phi) is 7.26. The summed E-state index contributed by atoms with van der Waals surface area (Å²) in [5, 5.41) is 5.39. The number of sulfonamides is 1. The Morgan fingerprint density at radius 2 is 1.77 bits per heavy atom. The molecule has 3 aliphatic heterocycles. The van der Waals surface area contributed by atoms with Gasteiger partial charge in [-0.2, -0.15) is 9.61 Å². The second-order valence-corrected chi connectivity index (χ2v) is 13.2. The number of hydrogen-bond acceptors (Lipinski definition) is 8. The van der Waals surface area contributed by atoms with E-state index in [1.807, 2.05) is 10.6 Å². The minimum Gasteiger partial charge on any atom is -0.356 e. The van der Waals surface area contributed by atoms with Gasteiger partial charge in [0.2, 0.25) is 10.0 Å². The van der Waals surface area contributed by atoms with Gasteiger partial charge in [0.15, 0.2) is 5.65 Å². The molecule has 3 N–H and O–H groups in total. The van der Waals surface area contributed by atoms with Crippen LogP contribution in [0.15, 0.2) is 30.3 Å². The van der Waals surface area contributed by atoms with Crippen LogP contribution in [0.4, 0.5) is 17.3 Å². The molecule has 3 saturated heterocycles. The van der Waals surface area contributed by atoms with E-state index in [0.29, 0.717) is 11.6 Å². The summed E-state index contributed by atoms with van der Waals surface area (Å²) in [5.74, 6) is 1.66. The van der Waals surface area contributed by atoms with Gasteiger partial charge in [0.1, 0.15) is 11.6 Å². The topological polar surface area (TPSA) is 129 Å². The van der Waals surface area contributed by atoms with E-state index in [-0.39, 0.29) is 29.2 Å². The minimum absolute atomic E-state index is 0.211. The lowest BCUT2D eigenvalue weighted by atomic mass is 9.98. The number of amides is 1. The van der Waals surface area contributed by atoms with Crippen molar-refractivity contribution < 1.29 is 13.2 Å². The highest BCUT2D eigenvalue weighted by atomic mass is 35.5. The molecule has 3 aromatic rings. The smallest absolute Gasteiger partial charge is 0.256 e. The van der Waals surface area contributed by atoms with Gasteiger partial charge in [-0.25, -0.2) is 13.4 Å². The first kappa shape index (κ1) is 27.1. The summed E-state index contributed by atoms with van der Waals surface area (Å²) in [5.41, 5.74) is 8.15. The molecule has 40 heavy (non-hydrogen) atoms. The molecule has 2 aromatic heterocycles. The summed E-state index contributed by atoms with van der Waals surface area (Å²) in [4.78, 5) is 25.3. The van der Waals surface area contributed by atoms with Gasteiger partial charge in [0.05, 0.1) is 29.2 Å². The molecule has 1 aromatic carbocycles. The van der Waals surface area contributed by atoms with E-state index < -0.39 is 10.0 Å². The minimum atomic E-state index is -3.59. The number of hydrogen-bond donors (Lipinski definition) is 2. The van der Waals surface area contributed by atoms with Crippen LogP contribution in [0.5, 0.6) is 0 Å². The van der Waals surface area contributed by atoms with Gasteiger partial charge in [-0.3, -0.25) is 9.52 Å². The molecule has 6 rings (SSSR count). The fourth-order valence-electron chi connectivity index (χ4n) is 5.81. The fraction of sp³-hybridized carbons (Fsp3) is 0.519. The molecule has 0 radical (unpaired) electrons. The average molecular weight is 587 g/mol. The Morgan fingerprint density at radius 3 is 2.48 bits per heavy atom. The summed E-state index contributed by atoms with van der Waals surface area (Å²) in [6.45, 7) is 4.22. The summed E-state index contributed by atoms with van der Waals surface area (Å²) < 4.78 is 28.4. The highest BCUT2D eigenvalue weighted by Crippen LogP contribution is 2.35. The Balaban J connectivity index is 1.38. The first-order chi connectivity index (χ1) is 19.2. The third-order valence-corrected chi connectivity index (χ3v) is 8.90. The number of anilines is 3. The Bertz CT molecular complexity index is 1530. The van der Waals surface area contributed by atoms with Gasteiger partial charge < -0.3 is 20.4 Å². The Morgan fingerprint density at radius 1 is 1.00 bits per heavy atom. The zero-order valence-corrected chi connectivity index (χ0v) is 24.2. The van der Waals surface area contributed by atoms with E-state index in [0.717, 1.165) is 93.9 Å². The van der Waals surface area contributed by atoms with Gasteiger partial charge in [-0.15, -0.1) is 0 Å². The van der Waals surface area contributed by atoms with Crippen LogP contribution < -0.4 is 20.3 Å². The van der Waals surface area contributed by atoms with E-state index in [9.17, 15) is 13.2 Å². The van der Waals surface area contributed by atoms with Crippen molar-refractivity contribution in [2.24, 2.45) is 5.73 Å². The SMILES string of the molecule is CS(=O)(=O)Nc1ccc(Cl)cc1C(=O)N1CCCCC1c1cc2nc(N3CCC3)cc(N3CCC(N)CC3)n2n1. The predicted molar refractivity (Wildman–Crippen MR) is 157 cm³/mol. The lowest BCUT2D eigenvalue weighted by Gasteiger charge is -2.35. The van der Waals surface area contributed by atoms with Crippen LogP contribution in [-0.4, -0.2) is 78.8 Å². The van der Waals surface area contributed by atoms with Crippen molar-refractivity contribution in [3.63, 3.8) is 0 Å². The molecule has 0 aliphatic carbocycles. The Hall–Kier alpha value is -3.09. The first-order valence-electron chi connectivity index (χ1n) is 13.9. The number of likely N-dealkylation sites (tertiary alicyclic amines) is 1. The first-order valence-corrected chi connectivity index (χ1v) is 16.2. The highest BCUT2D eigenvalue weighted by Gasteiger charge is 2.33. The van der Waals surface area contributed by atoms with E-state index in [1.165, 1.54) is 12.1 Å². The molecule has 0 spiro atoms. The second kappa shape index (κ2) is 10.7. The fourth-order valence-corrected chi connectivity index (χ4v) is 6.56. The number of halogens is 1. The second-order valence-electron chi connectivity index (χ2n) is 11.1. The lowest BCUT2D eigenvalue weighted by molar-refractivity contribution is 0.0607. The Labute approximate surface area is 239 Å². The van der Waals surface area contributed by atoms with Gasteiger partial charge in [0, 0.05) is 55.9 Å². The number of piperidine rings is 2. The van der Waals surface area contributed by atoms with Crippen LogP contribution in [0, 0.1) is 0 Å². The molecule has 13 heteroatoms. The number of nitrogens with zero attached hydrogens (tertiary/aromatic N) is 6. The zero-order valence-electron chi connectivity index (χ0n) is 22.6. The van der Waals surface area contributed by atoms with Gasteiger partial charge in [-0.1, -0.05) is 11.6 Å². The zero-order chi connectivity index (χ0) is 28.0. The van der Waals surface area contributed by atoms with Gasteiger partial charge >= 0.3 is 0 Å². The van der Waals surface area contributed by atoms with Crippen LogP contribution in [-0.2, 0) is 10.0 Å². The van der Waals surface area contributed by atoms with Gasteiger partial charge in [-0.05, 0) is 56.7 Å². The molecular weight excluding hydrogens is 552 g/mol. The van der Waals surface area contributed by atoms with Crippen molar-refractivity contribution in [1.82, 2.24) is 19.5 Å². The molecule has 1 atom stereocenters. The average Bonchev–Trinajstić information content (AvgIpc) is 3.32. The van der Waals surface area contributed by atoms with Crippen LogP contribution >= 0.6 is 11.6 Å². The maximum atomic E-state index is 13.9. The third kappa shape index (κ3) is 5.44. The van der Waals surface area contributed by atoms with E-state index in [4.69, 9.17) is 27.4 Å². The third-order valence-electron chi connectivity index (χ3n) is 8.07. The van der Waals surface area contributed by atoms with Crippen LogP contribution in [0.1, 0.15) is 60.6 Å². The maximum Gasteiger partial charge on any atom is 0.256 e. The normalized spacial score (nSPS) is 20.6. The van der Waals surface area contributed by atoms with E-state index in [1.54, 1.807) is 11.0 Å². The molecule has 11 nitrogen and oxygen atoms in total. The molecule has 3 aliphatic rings. The number of benzene rings is 1. The van der Waals surface area contributed by atoms with Crippen LogP contribution in [0.3, 0.4) is 0 Å². The van der Waals surface area contributed by atoms with Crippen molar-refractivity contribution in [1.29, 1.82) is 0 Å². The van der Waals surface area contributed by atoms with Gasteiger partial charge in [0.25, 0.3) is 5.91 Å². The number of nitrogens with one attached hydrogen (secondary N) is 1. The molecular formula is C27H35ClN8O3S. The standard InChI is InChI=1S/C27H35ClN8O3S/c1-40(38,39)32-21-7-6-18(28)15-20(21)27(37)35-12-3-2-5-23(35)22-16-25-30-24(33-10-4-11-33)17-26(36(25)31-22)34-13-8-19(29)9-14-34/h6-7,15-17,19,23,32H,2-5,8-14,29H2,1H3.